The third kappa shape index (κ3) is 7.39. The topological polar surface area (TPSA) is 172 Å². The summed E-state index contributed by atoms with van der Waals surface area (Å²) in [6.45, 7) is 7.59. The Balaban J connectivity index is 1.12. The van der Waals surface area contributed by atoms with Gasteiger partial charge in [0.15, 0.2) is 0 Å². The summed E-state index contributed by atoms with van der Waals surface area (Å²) < 4.78 is 49.7. The Morgan fingerprint density at radius 2 is 1.80 bits per heavy atom. The van der Waals surface area contributed by atoms with Crippen LogP contribution in [-0.2, 0) is 42.2 Å². The molecule has 1 saturated heterocycles. The number of nitrogens with one attached hydrogen (secondary N) is 3. The highest BCUT2D eigenvalue weighted by Crippen LogP contribution is 2.47. The molecule has 0 unspecified atom stereocenters. The molecule has 5 atom stereocenters. The standard InChI is InChI=1S/C38H46FN7O7S/c1-5-24-19-38(24,35(49)43-54(51,52)28-14-15-28)42-33(47)31-18-27(53-36(50)44-20-23-8-6-9-30(39)29(23)22-44)21-45(31)34(48)32(37(2,3)4)41-25-10-12-26(13-11-25)46-17-7-16-40-46/h6-13,16-17,24,27-28,31-32,41H,5,14-15,18-22H2,1-4H3,(H,42,47)(H,43,49)/t24-,27-,31+,32-,38-/m1/s1. The number of carbonyl (C=O) groups excluding carboxylic acids is 4. The first-order valence-electron chi connectivity index (χ1n) is 18.4. The summed E-state index contributed by atoms with van der Waals surface area (Å²) in [4.78, 5) is 58.7. The van der Waals surface area contributed by atoms with Crippen molar-refractivity contribution in [2.45, 2.75) is 102 Å². The van der Waals surface area contributed by atoms with Gasteiger partial charge in [-0.1, -0.05) is 46.2 Å². The number of carbonyl (C=O) groups is 4. The van der Waals surface area contributed by atoms with Gasteiger partial charge in [0, 0.05) is 36.6 Å². The monoisotopic (exact) mass is 763 g/mol. The zero-order valence-corrected chi connectivity index (χ0v) is 31.6. The van der Waals surface area contributed by atoms with Crippen LogP contribution in [0.4, 0.5) is 14.9 Å². The number of halogens is 1. The maximum atomic E-state index is 14.7. The molecule has 3 fully saturated rings. The van der Waals surface area contributed by atoms with E-state index in [-0.39, 0.29) is 38.4 Å². The number of ether oxygens (including phenoxy) is 1. The summed E-state index contributed by atoms with van der Waals surface area (Å²) in [7, 11) is -3.88. The molecule has 3 heterocycles. The quantitative estimate of drug-likeness (QED) is 0.263. The average Bonchev–Trinajstić information content (AvgIpc) is 3.90. The van der Waals surface area contributed by atoms with Gasteiger partial charge in [0.05, 0.1) is 24.0 Å². The van der Waals surface area contributed by atoms with Crippen molar-refractivity contribution < 1.29 is 36.7 Å². The predicted octanol–water partition coefficient (Wildman–Crippen LogP) is 3.85. The number of aromatic nitrogens is 2. The Labute approximate surface area is 313 Å². The minimum atomic E-state index is -3.88. The Bertz CT molecular complexity index is 2050. The number of hydrogen-bond acceptors (Lipinski definition) is 9. The van der Waals surface area contributed by atoms with Crippen molar-refractivity contribution in [1.82, 2.24) is 29.6 Å². The Kier molecular flexibility index (Phi) is 9.69. The fourth-order valence-corrected chi connectivity index (χ4v) is 8.87. The van der Waals surface area contributed by atoms with Gasteiger partial charge in [0.2, 0.25) is 21.8 Å². The van der Waals surface area contributed by atoms with E-state index in [1.807, 2.05) is 64.2 Å². The van der Waals surface area contributed by atoms with Crippen LogP contribution in [-0.4, -0.2) is 87.3 Å². The number of fused-ring (bicyclic) bond motifs is 1. The second kappa shape index (κ2) is 14.0. The van der Waals surface area contributed by atoms with Crippen molar-refractivity contribution in [3.8, 4) is 5.69 Å². The lowest BCUT2D eigenvalue weighted by Gasteiger charge is -2.36. The molecule has 54 heavy (non-hydrogen) atoms. The van der Waals surface area contributed by atoms with Gasteiger partial charge in [-0.15, -0.1) is 0 Å². The molecule has 0 bridgehead atoms. The van der Waals surface area contributed by atoms with E-state index in [4.69, 9.17) is 4.74 Å². The van der Waals surface area contributed by atoms with Gasteiger partial charge < -0.3 is 20.3 Å². The molecule has 0 spiro atoms. The highest BCUT2D eigenvalue weighted by atomic mass is 32.2. The van der Waals surface area contributed by atoms with Gasteiger partial charge in [-0.2, -0.15) is 5.10 Å². The van der Waals surface area contributed by atoms with Crippen LogP contribution in [0.25, 0.3) is 5.69 Å². The van der Waals surface area contributed by atoms with Crippen LogP contribution in [0.5, 0.6) is 0 Å². The Morgan fingerprint density at radius 3 is 2.41 bits per heavy atom. The molecule has 7 rings (SSSR count). The summed E-state index contributed by atoms with van der Waals surface area (Å²) in [5.74, 6) is -2.58. The van der Waals surface area contributed by atoms with E-state index >= 15 is 0 Å². The third-order valence-electron chi connectivity index (χ3n) is 10.9. The predicted molar refractivity (Wildman–Crippen MR) is 196 cm³/mol. The van der Waals surface area contributed by atoms with Crippen molar-refractivity contribution in [2.75, 3.05) is 11.9 Å². The van der Waals surface area contributed by atoms with E-state index < -0.39 is 74.0 Å². The van der Waals surface area contributed by atoms with E-state index in [9.17, 15) is 32.0 Å². The molecule has 4 amide bonds. The Hall–Kier alpha value is -4.99. The zero-order chi connectivity index (χ0) is 38.6. The number of benzene rings is 2. The summed E-state index contributed by atoms with van der Waals surface area (Å²) in [5, 5.41) is 9.81. The van der Waals surface area contributed by atoms with Crippen LogP contribution >= 0.6 is 0 Å². The molecule has 3 N–H and O–H groups in total. The van der Waals surface area contributed by atoms with Gasteiger partial charge in [-0.25, -0.2) is 22.3 Å². The lowest BCUT2D eigenvalue weighted by atomic mass is 9.85. The lowest BCUT2D eigenvalue weighted by molar-refractivity contribution is -0.141. The molecule has 0 radical (unpaired) electrons. The SMILES string of the molecule is CC[C@@H]1C[C@]1(NC(=O)[C@@H]1C[C@@H](OC(=O)N2Cc3cccc(F)c3C2)CN1C(=O)[C@@H](Nc1ccc(-n2cccn2)cc1)C(C)(C)C)C(=O)NS(=O)(=O)C1CC1. The number of rotatable bonds is 11. The highest BCUT2D eigenvalue weighted by molar-refractivity contribution is 7.91. The van der Waals surface area contributed by atoms with Gasteiger partial charge in [0.25, 0.3) is 5.91 Å². The van der Waals surface area contributed by atoms with Gasteiger partial charge in [-0.3, -0.25) is 24.0 Å². The molecule has 1 aromatic heterocycles. The highest BCUT2D eigenvalue weighted by Gasteiger charge is 2.62. The molecule has 2 saturated carbocycles. The molecule has 16 heteroatoms. The number of anilines is 1. The molecular formula is C38H46FN7O7S. The maximum Gasteiger partial charge on any atom is 0.410 e. The fraction of sp³-hybridized carbons (Fsp3) is 0.500. The van der Waals surface area contributed by atoms with Crippen LogP contribution in [0.1, 0.15) is 70.9 Å². The molecular weight excluding hydrogens is 718 g/mol. The van der Waals surface area contributed by atoms with E-state index in [1.54, 1.807) is 23.0 Å². The van der Waals surface area contributed by atoms with Crippen molar-refractivity contribution in [2.24, 2.45) is 11.3 Å². The number of sulfonamides is 1. The van der Waals surface area contributed by atoms with E-state index in [0.717, 1.165) is 5.69 Å². The molecule has 4 aliphatic rings. The lowest BCUT2D eigenvalue weighted by Crippen LogP contribution is -2.58. The first-order chi connectivity index (χ1) is 25.6. The van der Waals surface area contributed by atoms with Crippen molar-refractivity contribution in [3.05, 3.63) is 77.9 Å². The van der Waals surface area contributed by atoms with Gasteiger partial charge in [0.1, 0.15) is 29.5 Å². The van der Waals surface area contributed by atoms with Gasteiger partial charge >= 0.3 is 6.09 Å². The molecule has 2 aliphatic heterocycles. The molecule has 14 nitrogen and oxygen atoms in total. The van der Waals surface area contributed by atoms with Crippen molar-refractivity contribution in [3.63, 3.8) is 0 Å². The minimum absolute atomic E-state index is 0.0229. The normalized spacial score (nSPS) is 24.1. The van der Waals surface area contributed by atoms with Crippen molar-refractivity contribution in [1.29, 1.82) is 0 Å². The van der Waals surface area contributed by atoms with Crippen LogP contribution in [0, 0.1) is 17.2 Å². The third-order valence-corrected chi connectivity index (χ3v) is 12.7. The number of amides is 4. The van der Waals surface area contributed by atoms with Crippen LogP contribution in [0.15, 0.2) is 60.9 Å². The fourth-order valence-electron chi connectivity index (χ4n) is 7.51. The van der Waals surface area contributed by atoms with E-state index in [0.29, 0.717) is 36.1 Å². The summed E-state index contributed by atoms with van der Waals surface area (Å²) >= 11 is 0. The number of nitrogens with zero attached hydrogens (tertiary/aromatic N) is 4. The second-order valence-electron chi connectivity index (χ2n) is 15.9. The summed E-state index contributed by atoms with van der Waals surface area (Å²) in [5.41, 5.74) is 0.434. The molecule has 288 valence electrons. The minimum Gasteiger partial charge on any atom is -0.444 e. The molecule has 2 aromatic carbocycles. The first-order valence-corrected chi connectivity index (χ1v) is 19.9. The van der Waals surface area contributed by atoms with Crippen LogP contribution in [0.3, 0.4) is 0 Å². The van der Waals surface area contributed by atoms with Crippen LogP contribution in [0.2, 0.25) is 0 Å². The Morgan fingerprint density at radius 1 is 1.06 bits per heavy atom. The first kappa shape index (κ1) is 37.3. The smallest absolute Gasteiger partial charge is 0.410 e. The van der Waals surface area contributed by atoms with E-state index in [2.05, 4.69) is 20.5 Å². The zero-order valence-electron chi connectivity index (χ0n) is 30.7. The summed E-state index contributed by atoms with van der Waals surface area (Å²) in [6.07, 6.45) is 3.50. The number of hydrogen-bond donors (Lipinski definition) is 3. The summed E-state index contributed by atoms with van der Waals surface area (Å²) in [6, 6.07) is 11.8. The maximum absolute atomic E-state index is 14.7. The van der Waals surface area contributed by atoms with Crippen molar-refractivity contribution >= 4 is 39.5 Å². The second-order valence-corrected chi connectivity index (χ2v) is 17.8. The van der Waals surface area contributed by atoms with Gasteiger partial charge in [-0.05, 0) is 72.6 Å². The largest absolute Gasteiger partial charge is 0.444 e. The average molecular weight is 764 g/mol. The molecule has 3 aromatic rings. The van der Waals surface area contributed by atoms with E-state index in [1.165, 1.54) is 15.9 Å². The number of likely N-dealkylation sites (tertiary alicyclic amines) is 1. The molecule has 2 aliphatic carbocycles. The van der Waals surface area contributed by atoms with Crippen LogP contribution < -0.4 is 15.4 Å².